The van der Waals surface area contributed by atoms with Crippen molar-refractivity contribution < 1.29 is 23.4 Å². The van der Waals surface area contributed by atoms with Gasteiger partial charge in [0.2, 0.25) is 11.3 Å². The van der Waals surface area contributed by atoms with Crippen LogP contribution in [0.1, 0.15) is 28.4 Å². The van der Waals surface area contributed by atoms with Crippen LogP contribution in [0.15, 0.2) is 47.4 Å². The number of halogens is 2. The van der Waals surface area contributed by atoms with Gasteiger partial charge in [-0.2, -0.15) is 0 Å². The fourth-order valence-corrected chi connectivity index (χ4v) is 2.84. The molecule has 134 valence electrons. The fourth-order valence-electron chi connectivity index (χ4n) is 2.84. The lowest BCUT2D eigenvalue weighted by Gasteiger charge is -2.13. The van der Waals surface area contributed by atoms with E-state index in [0.717, 1.165) is 18.2 Å². The molecule has 3 rings (SSSR count). The van der Waals surface area contributed by atoms with E-state index >= 15 is 0 Å². The molecular formula is C19H15F2NO4. The average molecular weight is 359 g/mol. The summed E-state index contributed by atoms with van der Waals surface area (Å²) in [6, 6.07) is 7.78. The summed E-state index contributed by atoms with van der Waals surface area (Å²) in [4.78, 5) is 25.0. The van der Waals surface area contributed by atoms with Crippen LogP contribution in [0.5, 0.6) is 5.88 Å². The minimum Gasteiger partial charge on any atom is -0.493 e. The first-order chi connectivity index (χ1) is 12.4. The molecule has 7 heteroatoms. The number of aromatic nitrogens is 1. The van der Waals surface area contributed by atoms with Crippen LogP contribution < -0.4 is 5.43 Å². The molecule has 0 aliphatic heterocycles. The van der Waals surface area contributed by atoms with Gasteiger partial charge in [0.25, 0.3) is 0 Å². The first kappa shape index (κ1) is 17.6. The molecule has 5 nitrogen and oxygen atoms in total. The van der Waals surface area contributed by atoms with Gasteiger partial charge < -0.3 is 9.84 Å². The molecule has 3 aromatic rings. The number of fused-ring (bicyclic) bond motifs is 1. The predicted octanol–water partition coefficient (Wildman–Crippen LogP) is 3.05. The second-order valence-electron chi connectivity index (χ2n) is 5.64. The number of esters is 1. The van der Waals surface area contributed by atoms with Crippen molar-refractivity contribution in [2.24, 2.45) is 0 Å². The highest BCUT2D eigenvalue weighted by atomic mass is 19.1. The second-order valence-corrected chi connectivity index (χ2v) is 5.64. The number of pyridine rings is 2. The number of ether oxygens (including phenoxy) is 1. The van der Waals surface area contributed by atoms with Crippen LogP contribution in [0.2, 0.25) is 0 Å². The molecule has 26 heavy (non-hydrogen) atoms. The van der Waals surface area contributed by atoms with E-state index in [1.54, 1.807) is 25.1 Å². The average Bonchev–Trinajstić information content (AvgIpc) is 2.58. The van der Waals surface area contributed by atoms with Gasteiger partial charge >= 0.3 is 5.97 Å². The van der Waals surface area contributed by atoms with Gasteiger partial charge in [-0.15, -0.1) is 0 Å². The number of hydrogen-bond donors (Lipinski definition) is 1. The topological polar surface area (TPSA) is 68.0 Å². The van der Waals surface area contributed by atoms with Crippen molar-refractivity contribution in [2.75, 3.05) is 6.61 Å². The number of carbonyl (C=O) groups excluding carboxylic acids is 1. The highest BCUT2D eigenvalue weighted by Crippen LogP contribution is 2.22. The van der Waals surface area contributed by atoms with E-state index in [1.807, 2.05) is 0 Å². The molecule has 2 heterocycles. The van der Waals surface area contributed by atoms with E-state index in [9.17, 15) is 23.5 Å². The smallest absolute Gasteiger partial charge is 0.347 e. The van der Waals surface area contributed by atoms with E-state index in [0.29, 0.717) is 5.52 Å². The van der Waals surface area contributed by atoms with Gasteiger partial charge in [0.05, 0.1) is 12.1 Å². The number of aromatic hydroxyl groups is 1. The van der Waals surface area contributed by atoms with Crippen molar-refractivity contribution in [1.29, 1.82) is 0 Å². The lowest BCUT2D eigenvalue weighted by molar-refractivity contribution is 0.0520. The Kier molecular flexibility index (Phi) is 4.71. The summed E-state index contributed by atoms with van der Waals surface area (Å²) >= 11 is 0. The molecule has 1 N–H and O–H groups in total. The zero-order valence-electron chi connectivity index (χ0n) is 13.8. The Morgan fingerprint density at radius 2 is 1.88 bits per heavy atom. The van der Waals surface area contributed by atoms with Crippen LogP contribution in [0.25, 0.3) is 5.52 Å². The molecule has 0 saturated carbocycles. The summed E-state index contributed by atoms with van der Waals surface area (Å²) in [6.45, 7) is 1.60. The maximum Gasteiger partial charge on any atom is 0.347 e. The van der Waals surface area contributed by atoms with Gasteiger partial charge in [-0.05, 0) is 36.8 Å². The minimum absolute atomic E-state index is 0.0274. The lowest BCUT2D eigenvalue weighted by Crippen LogP contribution is -2.23. The van der Waals surface area contributed by atoms with Crippen LogP contribution in [0.3, 0.4) is 0 Å². The van der Waals surface area contributed by atoms with Crippen molar-refractivity contribution in [3.63, 3.8) is 0 Å². The van der Waals surface area contributed by atoms with E-state index in [1.165, 1.54) is 10.6 Å². The van der Waals surface area contributed by atoms with Crippen LogP contribution >= 0.6 is 0 Å². The quantitative estimate of drug-likeness (QED) is 0.727. The standard InChI is InChI=1S/C19H15F2NO4/c1-2-26-19(25)16-17(23)14(9-11-7-12(20)10-13(21)8-11)15-5-3-4-6-22(15)18(16)24/h3-8,10,24H,2,9H2,1H3. The van der Waals surface area contributed by atoms with Crippen molar-refractivity contribution in [3.05, 3.63) is 81.1 Å². The van der Waals surface area contributed by atoms with Crippen molar-refractivity contribution in [1.82, 2.24) is 4.40 Å². The molecule has 0 unspecified atom stereocenters. The molecule has 0 fully saturated rings. The molecule has 0 saturated heterocycles. The van der Waals surface area contributed by atoms with Gasteiger partial charge in [0, 0.05) is 24.2 Å². The highest BCUT2D eigenvalue weighted by molar-refractivity contribution is 5.93. The molecule has 1 aromatic carbocycles. The summed E-state index contributed by atoms with van der Waals surface area (Å²) in [7, 11) is 0. The van der Waals surface area contributed by atoms with E-state index in [-0.39, 0.29) is 24.2 Å². The van der Waals surface area contributed by atoms with E-state index in [4.69, 9.17) is 4.74 Å². The Hall–Kier alpha value is -3.22. The third-order valence-corrected chi connectivity index (χ3v) is 3.90. The zero-order chi connectivity index (χ0) is 18.8. The third-order valence-electron chi connectivity index (χ3n) is 3.90. The monoisotopic (exact) mass is 359 g/mol. The normalized spacial score (nSPS) is 10.9. The highest BCUT2D eigenvalue weighted by Gasteiger charge is 2.24. The maximum absolute atomic E-state index is 13.5. The molecule has 2 aromatic heterocycles. The summed E-state index contributed by atoms with van der Waals surface area (Å²) in [5, 5.41) is 10.3. The number of rotatable bonds is 4. The Morgan fingerprint density at radius 1 is 1.19 bits per heavy atom. The first-order valence-electron chi connectivity index (χ1n) is 7.89. The van der Waals surface area contributed by atoms with Gasteiger partial charge in [-0.3, -0.25) is 9.20 Å². The van der Waals surface area contributed by atoms with Crippen molar-refractivity contribution >= 4 is 11.5 Å². The van der Waals surface area contributed by atoms with E-state index in [2.05, 4.69) is 0 Å². The predicted molar refractivity (Wildman–Crippen MR) is 90.5 cm³/mol. The van der Waals surface area contributed by atoms with Crippen LogP contribution in [0.4, 0.5) is 8.78 Å². The van der Waals surface area contributed by atoms with Crippen LogP contribution in [-0.4, -0.2) is 22.1 Å². The van der Waals surface area contributed by atoms with Crippen molar-refractivity contribution in [3.8, 4) is 5.88 Å². The molecule has 0 bridgehead atoms. The molecular weight excluding hydrogens is 344 g/mol. The minimum atomic E-state index is -0.958. The second kappa shape index (κ2) is 6.95. The Balaban J connectivity index is 2.26. The number of benzene rings is 1. The lowest BCUT2D eigenvalue weighted by atomic mass is 10.0. The zero-order valence-corrected chi connectivity index (χ0v) is 13.8. The molecule has 0 spiro atoms. The summed E-state index contributed by atoms with van der Waals surface area (Å²) in [6.07, 6.45) is 1.36. The van der Waals surface area contributed by atoms with Gasteiger partial charge in [-0.1, -0.05) is 6.07 Å². The Labute approximate surface area is 147 Å². The van der Waals surface area contributed by atoms with Gasteiger partial charge in [-0.25, -0.2) is 13.6 Å². The van der Waals surface area contributed by atoms with Crippen molar-refractivity contribution in [2.45, 2.75) is 13.3 Å². The largest absolute Gasteiger partial charge is 0.493 e. The molecule has 0 aliphatic rings. The Bertz CT molecular complexity index is 1040. The molecule has 0 atom stereocenters. The Morgan fingerprint density at radius 3 is 2.54 bits per heavy atom. The summed E-state index contributed by atoms with van der Waals surface area (Å²) in [5.74, 6) is -3.04. The fraction of sp³-hybridized carbons (Fsp3) is 0.158. The first-order valence-corrected chi connectivity index (χ1v) is 7.89. The SMILES string of the molecule is CCOC(=O)c1c(O)n2ccccc2c(Cc2cc(F)cc(F)c2)c1=O. The molecule has 0 radical (unpaired) electrons. The van der Waals surface area contributed by atoms with Crippen LogP contribution in [0, 0.1) is 11.6 Å². The van der Waals surface area contributed by atoms with Gasteiger partial charge in [0.15, 0.2) is 5.56 Å². The molecule has 0 aliphatic carbocycles. The van der Waals surface area contributed by atoms with Gasteiger partial charge in [0.1, 0.15) is 11.6 Å². The summed E-state index contributed by atoms with van der Waals surface area (Å²) in [5.41, 5.74) is -0.575. The molecule has 0 amide bonds. The maximum atomic E-state index is 13.5. The summed E-state index contributed by atoms with van der Waals surface area (Å²) < 4.78 is 33.1. The number of nitrogens with zero attached hydrogens (tertiary/aromatic N) is 1. The number of carbonyl (C=O) groups is 1. The number of hydrogen-bond acceptors (Lipinski definition) is 4. The van der Waals surface area contributed by atoms with E-state index < -0.39 is 34.5 Å². The van der Waals surface area contributed by atoms with Crippen LogP contribution in [-0.2, 0) is 11.2 Å². The third kappa shape index (κ3) is 3.15.